The molecule has 134 valence electrons. The number of piperazine rings is 1. The Kier molecular flexibility index (Phi) is 4.34. The number of nitrogens with zero attached hydrogens (tertiary/aromatic N) is 4. The van der Waals surface area contributed by atoms with E-state index in [9.17, 15) is 4.79 Å². The van der Waals surface area contributed by atoms with Gasteiger partial charge in [-0.05, 0) is 42.4 Å². The molecule has 1 aliphatic heterocycles. The van der Waals surface area contributed by atoms with Crippen LogP contribution in [0.3, 0.4) is 0 Å². The Balaban J connectivity index is 1.64. The second kappa shape index (κ2) is 6.80. The Hall–Kier alpha value is -2.86. The molecule has 1 amide bonds. The van der Waals surface area contributed by atoms with Crippen molar-refractivity contribution >= 4 is 17.2 Å². The minimum Gasteiger partial charge on any atom is -0.387 e. The van der Waals surface area contributed by atoms with Gasteiger partial charge >= 0.3 is 0 Å². The molecule has 0 aliphatic carbocycles. The topological polar surface area (TPSA) is 52.9 Å². The van der Waals surface area contributed by atoms with Crippen molar-refractivity contribution in [2.45, 2.75) is 0 Å². The Morgan fingerprint density at radius 2 is 1.85 bits per heavy atom. The zero-order valence-corrected chi connectivity index (χ0v) is 15.1. The number of anilines is 1. The van der Waals surface area contributed by atoms with Crippen molar-refractivity contribution in [1.29, 1.82) is 0 Å². The largest absolute Gasteiger partial charge is 0.387 e. The Morgan fingerprint density at radius 1 is 1.08 bits per heavy atom. The molecule has 1 saturated heterocycles. The number of imidazole rings is 1. The number of carbonyl (C=O) groups excluding carboxylic acids is 1. The zero-order valence-electron chi connectivity index (χ0n) is 15.1. The van der Waals surface area contributed by atoms with E-state index in [0.717, 1.165) is 54.2 Å². The van der Waals surface area contributed by atoms with E-state index in [1.54, 1.807) is 6.20 Å². The highest BCUT2D eigenvalue weighted by Gasteiger charge is 2.22. The minimum absolute atomic E-state index is 0.0964. The van der Waals surface area contributed by atoms with Crippen LogP contribution in [0.2, 0.25) is 0 Å². The highest BCUT2D eigenvalue weighted by Crippen LogP contribution is 2.27. The number of aromatic nitrogens is 2. The van der Waals surface area contributed by atoms with Gasteiger partial charge in [-0.15, -0.1) is 0 Å². The van der Waals surface area contributed by atoms with Gasteiger partial charge in [-0.1, -0.05) is 6.07 Å². The molecule has 1 aromatic carbocycles. The summed E-state index contributed by atoms with van der Waals surface area (Å²) in [6.45, 7) is 3.39. The van der Waals surface area contributed by atoms with Crippen molar-refractivity contribution in [3.05, 3.63) is 54.5 Å². The van der Waals surface area contributed by atoms with Gasteiger partial charge in [0.2, 0.25) is 0 Å². The van der Waals surface area contributed by atoms with Crippen LogP contribution in [-0.4, -0.2) is 65.4 Å². The lowest BCUT2D eigenvalue weighted by atomic mass is 10.0. The minimum atomic E-state index is 0.0964. The lowest BCUT2D eigenvalue weighted by molar-refractivity contribution is 0.0665. The van der Waals surface area contributed by atoms with Gasteiger partial charge in [-0.3, -0.25) is 4.79 Å². The Morgan fingerprint density at radius 3 is 2.62 bits per heavy atom. The second-order valence-electron chi connectivity index (χ2n) is 6.72. The van der Waals surface area contributed by atoms with E-state index in [0.29, 0.717) is 0 Å². The molecule has 1 fully saturated rings. The molecule has 2 aromatic heterocycles. The Labute approximate surface area is 153 Å². The summed E-state index contributed by atoms with van der Waals surface area (Å²) < 4.78 is 2.00. The number of carbonyl (C=O) groups is 1. The van der Waals surface area contributed by atoms with Crippen LogP contribution in [0.5, 0.6) is 0 Å². The van der Waals surface area contributed by atoms with E-state index >= 15 is 0 Å². The molecule has 3 heterocycles. The number of fused-ring (bicyclic) bond motifs is 1. The average molecular weight is 349 g/mol. The summed E-state index contributed by atoms with van der Waals surface area (Å²) in [5.74, 6) is 0.0964. The third kappa shape index (κ3) is 3.04. The molecule has 6 nitrogen and oxygen atoms in total. The lowest BCUT2D eigenvalue weighted by Gasteiger charge is -2.32. The summed E-state index contributed by atoms with van der Waals surface area (Å²) in [6.07, 6.45) is 5.78. The van der Waals surface area contributed by atoms with Crippen molar-refractivity contribution in [2.75, 3.05) is 45.6 Å². The SMILES string of the molecule is CNc1cc(-c2ccc3nccn3c2)ccc1C(=O)N1CCN(C)CC1. The normalized spacial score (nSPS) is 15.4. The number of hydrogen-bond acceptors (Lipinski definition) is 4. The van der Waals surface area contributed by atoms with Crippen molar-refractivity contribution in [1.82, 2.24) is 19.2 Å². The quantitative estimate of drug-likeness (QED) is 0.789. The molecule has 0 saturated carbocycles. The molecule has 0 radical (unpaired) electrons. The van der Waals surface area contributed by atoms with E-state index in [-0.39, 0.29) is 5.91 Å². The summed E-state index contributed by atoms with van der Waals surface area (Å²) in [5.41, 5.74) is 4.66. The zero-order chi connectivity index (χ0) is 18.1. The molecule has 0 atom stereocenters. The molecule has 0 bridgehead atoms. The molecule has 0 unspecified atom stereocenters. The maximum Gasteiger partial charge on any atom is 0.256 e. The fourth-order valence-corrected chi connectivity index (χ4v) is 3.39. The summed E-state index contributed by atoms with van der Waals surface area (Å²) in [7, 11) is 3.95. The van der Waals surface area contributed by atoms with Gasteiger partial charge in [0.05, 0.1) is 5.56 Å². The molecular formula is C20H23N5O. The molecule has 1 N–H and O–H groups in total. The van der Waals surface area contributed by atoms with Crippen molar-refractivity contribution in [3.8, 4) is 11.1 Å². The third-order valence-corrected chi connectivity index (χ3v) is 5.03. The van der Waals surface area contributed by atoms with Crippen molar-refractivity contribution in [3.63, 3.8) is 0 Å². The predicted molar refractivity (Wildman–Crippen MR) is 104 cm³/mol. The number of benzene rings is 1. The first kappa shape index (κ1) is 16.6. The second-order valence-corrected chi connectivity index (χ2v) is 6.72. The number of amides is 1. The predicted octanol–water partition coefficient (Wildman–Crippen LogP) is 2.43. The van der Waals surface area contributed by atoms with Crippen LogP contribution in [0, 0.1) is 0 Å². The van der Waals surface area contributed by atoms with Crippen molar-refractivity contribution in [2.24, 2.45) is 0 Å². The number of likely N-dealkylation sites (N-methyl/N-ethyl adjacent to an activating group) is 1. The van der Waals surface area contributed by atoms with E-state index in [4.69, 9.17) is 0 Å². The average Bonchev–Trinajstić information content (AvgIpc) is 3.15. The van der Waals surface area contributed by atoms with E-state index in [2.05, 4.69) is 34.5 Å². The monoisotopic (exact) mass is 349 g/mol. The first-order chi connectivity index (χ1) is 12.7. The lowest BCUT2D eigenvalue weighted by Crippen LogP contribution is -2.47. The number of pyridine rings is 1. The summed E-state index contributed by atoms with van der Waals surface area (Å²) in [4.78, 5) is 21.4. The summed E-state index contributed by atoms with van der Waals surface area (Å²) in [5, 5.41) is 3.19. The van der Waals surface area contributed by atoms with Crippen LogP contribution in [0.1, 0.15) is 10.4 Å². The van der Waals surface area contributed by atoms with Crippen LogP contribution in [0.4, 0.5) is 5.69 Å². The summed E-state index contributed by atoms with van der Waals surface area (Å²) in [6, 6.07) is 10.0. The van der Waals surface area contributed by atoms with Crippen LogP contribution in [0.25, 0.3) is 16.8 Å². The first-order valence-corrected chi connectivity index (χ1v) is 8.88. The molecule has 1 aliphatic rings. The van der Waals surface area contributed by atoms with Crippen LogP contribution in [-0.2, 0) is 0 Å². The van der Waals surface area contributed by atoms with E-state index < -0.39 is 0 Å². The maximum absolute atomic E-state index is 12.9. The van der Waals surface area contributed by atoms with Gasteiger partial charge < -0.3 is 19.5 Å². The molecular weight excluding hydrogens is 326 g/mol. The van der Waals surface area contributed by atoms with Gasteiger partial charge in [0.1, 0.15) is 5.65 Å². The van der Waals surface area contributed by atoms with Crippen LogP contribution < -0.4 is 5.32 Å². The Bertz CT molecular complexity index is 940. The third-order valence-electron chi connectivity index (χ3n) is 5.03. The number of nitrogens with one attached hydrogen (secondary N) is 1. The van der Waals surface area contributed by atoms with Gasteiger partial charge in [0.15, 0.2) is 0 Å². The molecule has 6 heteroatoms. The number of rotatable bonds is 3. The molecule has 3 aromatic rings. The van der Waals surface area contributed by atoms with Gasteiger partial charge in [0.25, 0.3) is 5.91 Å². The van der Waals surface area contributed by atoms with Gasteiger partial charge in [0, 0.05) is 57.5 Å². The smallest absolute Gasteiger partial charge is 0.256 e. The fraction of sp³-hybridized carbons (Fsp3) is 0.300. The maximum atomic E-state index is 12.9. The molecule has 0 spiro atoms. The van der Waals surface area contributed by atoms with Crippen LogP contribution in [0.15, 0.2) is 48.9 Å². The highest BCUT2D eigenvalue weighted by molar-refractivity contribution is 6.00. The molecule has 26 heavy (non-hydrogen) atoms. The summed E-state index contributed by atoms with van der Waals surface area (Å²) >= 11 is 0. The fourth-order valence-electron chi connectivity index (χ4n) is 3.39. The van der Waals surface area contributed by atoms with Crippen molar-refractivity contribution < 1.29 is 4.79 Å². The molecule has 4 rings (SSSR count). The standard InChI is InChI=1S/C20H23N5O/c1-21-18-13-15(16-4-6-19-22-7-8-25(19)14-16)3-5-17(18)20(26)24-11-9-23(2)10-12-24/h3-8,13-14,21H,9-12H2,1-2H3. The van der Waals surface area contributed by atoms with Gasteiger partial charge in [-0.25, -0.2) is 4.98 Å². The van der Waals surface area contributed by atoms with Gasteiger partial charge in [-0.2, -0.15) is 0 Å². The number of hydrogen-bond donors (Lipinski definition) is 1. The van der Waals surface area contributed by atoms with Crippen LogP contribution >= 0.6 is 0 Å². The first-order valence-electron chi connectivity index (χ1n) is 8.88. The van der Waals surface area contributed by atoms with E-state index in [1.165, 1.54) is 0 Å². The van der Waals surface area contributed by atoms with E-state index in [1.807, 2.05) is 46.8 Å². The highest BCUT2D eigenvalue weighted by atomic mass is 16.2.